The molecule has 1 fully saturated rings. The standard InChI is InChI=1S/C14H22FN3S/c1-14(2)5-7-18(8-9-19-14)13-12(15)11(10-16-3)4-6-17-13/h4,6,16H,5,7-10H2,1-3H3. The van der Waals surface area contributed by atoms with E-state index in [1.165, 1.54) is 0 Å². The van der Waals surface area contributed by atoms with Crippen LogP contribution in [0.5, 0.6) is 0 Å². The van der Waals surface area contributed by atoms with E-state index in [1.807, 2.05) is 18.8 Å². The van der Waals surface area contributed by atoms with Gasteiger partial charge < -0.3 is 10.2 Å². The van der Waals surface area contributed by atoms with Gasteiger partial charge in [0, 0.05) is 41.9 Å². The van der Waals surface area contributed by atoms with Gasteiger partial charge in [-0.2, -0.15) is 11.8 Å². The fourth-order valence-corrected chi connectivity index (χ4v) is 3.35. The Labute approximate surface area is 119 Å². The summed E-state index contributed by atoms with van der Waals surface area (Å²) in [5.74, 6) is 1.34. The first-order valence-corrected chi connectivity index (χ1v) is 7.69. The minimum absolute atomic E-state index is 0.179. The summed E-state index contributed by atoms with van der Waals surface area (Å²) in [6, 6.07) is 1.74. The Kier molecular flexibility index (Phi) is 4.68. The van der Waals surface area contributed by atoms with Gasteiger partial charge >= 0.3 is 0 Å². The van der Waals surface area contributed by atoms with Crippen molar-refractivity contribution in [3.8, 4) is 0 Å². The molecule has 0 saturated carbocycles. The van der Waals surface area contributed by atoms with Crippen LogP contribution in [0.3, 0.4) is 0 Å². The molecule has 19 heavy (non-hydrogen) atoms. The van der Waals surface area contributed by atoms with Crippen molar-refractivity contribution >= 4 is 17.6 Å². The molecule has 3 nitrogen and oxygen atoms in total. The van der Waals surface area contributed by atoms with Crippen LogP contribution in [0.15, 0.2) is 12.3 Å². The van der Waals surface area contributed by atoms with Gasteiger partial charge in [-0.25, -0.2) is 9.37 Å². The van der Waals surface area contributed by atoms with Crippen LogP contribution in [0, 0.1) is 5.82 Å². The summed E-state index contributed by atoms with van der Waals surface area (Å²) >= 11 is 1.96. The van der Waals surface area contributed by atoms with E-state index in [-0.39, 0.29) is 10.6 Å². The third-order valence-electron chi connectivity index (χ3n) is 3.46. The third-order valence-corrected chi connectivity index (χ3v) is 4.83. The molecule has 0 amide bonds. The zero-order valence-corrected chi connectivity index (χ0v) is 12.7. The van der Waals surface area contributed by atoms with E-state index in [1.54, 1.807) is 12.3 Å². The Morgan fingerprint density at radius 1 is 1.47 bits per heavy atom. The maximum absolute atomic E-state index is 14.4. The summed E-state index contributed by atoms with van der Waals surface area (Å²) in [5.41, 5.74) is 0.684. The van der Waals surface area contributed by atoms with Gasteiger partial charge in [0.2, 0.25) is 0 Å². The van der Waals surface area contributed by atoms with E-state index >= 15 is 0 Å². The van der Waals surface area contributed by atoms with Crippen LogP contribution in [-0.2, 0) is 6.54 Å². The van der Waals surface area contributed by atoms with Gasteiger partial charge in [0.25, 0.3) is 0 Å². The summed E-state index contributed by atoms with van der Waals surface area (Å²) in [6.07, 6.45) is 2.75. The Balaban J connectivity index is 2.19. The number of hydrogen-bond donors (Lipinski definition) is 1. The molecule has 1 aliphatic rings. The number of anilines is 1. The second-order valence-electron chi connectivity index (χ2n) is 5.48. The van der Waals surface area contributed by atoms with Crippen molar-refractivity contribution in [2.24, 2.45) is 0 Å². The molecule has 0 aliphatic carbocycles. The predicted molar refractivity (Wildman–Crippen MR) is 80.3 cm³/mol. The van der Waals surface area contributed by atoms with Gasteiger partial charge in [0.05, 0.1) is 0 Å². The van der Waals surface area contributed by atoms with Crippen LogP contribution < -0.4 is 10.2 Å². The molecule has 1 aliphatic heterocycles. The minimum Gasteiger partial charge on any atom is -0.353 e. The lowest BCUT2D eigenvalue weighted by Gasteiger charge is -2.24. The third kappa shape index (κ3) is 3.60. The lowest BCUT2D eigenvalue weighted by atomic mass is 10.1. The van der Waals surface area contributed by atoms with Crippen molar-refractivity contribution in [3.05, 3.63) is 23.6 Å². The lowest BCUT2D eigenvalue weighted by Crippen LogP contribution is -2.29. The molecular weight excluding hydrogens is 261 g/mol. The SMILES string of the molecule is CNCc1ccnc(N2CCSC(C)(C)CC2)c1F. The molecule has 0 spiro atoms. The predicted octanol–water partition coefficient (Wildman–Crippen LogP) is 2.66. The molecule has 0 unspecified atom stereocenters. The van der Waals surface area contributed by atoms with E-state index in [0.29, 0.717) is 17.9 Å². The first kappa shape index (κ1) is 14.6. The number of nitrogens with one attached hydrogen (secondary N) is 1. The highest BCUT2D eigenvalue weighted by molar-refractivity contribution is 8.00. The smallest absolute Gasteiger partial charge is 0.170 e. The molecule has 1 N–H and O–H groups in total. The molecule has 0 aromatic carbocycles. The van der Waals surface area contributed by atoms with Crippen molar-refractivity contribution in [3.63, 3.8) is 0 Å². The molecule has 0 atom stereocenters. The van der Waals surface area contributed by atoms with E-state index in [4.69, 9.17) is 0 Å². The van der Waals surface area contributed by atoms with E-state index in [0.717, 1.165) is 25.3 Å². The average Bonchev–Trinajstić information content (AvgIpc) is 2.53. The van der Waals surface area contributed by atoms with Crippen LogP contribution in [0.2, 0.25) is 0 Å². The largest absolute Gasteiger partial charge is 0.353 e. The molecule has 2 heterocycles. The fourth-order valence-electron chi connectivity index (χ4n) is 2.25. The normalized spacial score (nSPS) is 19.3. The molecule has 1 aromatic heterocycles. The highest BCUT2D eigenvalue weighted by atomic mass is 32.2. The van der Waals surface area contributed by atoms with Crippen LogP contribution in [0.4, 0.5) is 10.2 Å². The van der Waals surface area contributed by atoms with Crippen molar-refractivity contribution in [1.29, 1.82) is 0 Å². The van der Waals surface area contributed by atoms with Crippen LogP contribution in [-0.4, -0.2) is 35.6 Å². The Morgan fingerprint density at radius 3 is 3.00 bits per heavy atom. The molecular formula is C14H22FN3S. The summed E-state index contributed by atoms with van der Waals surface area (Å²) in [4.78, 5) is 6.33. The number of rotatable bonds is 3. The van der Waals surface area contributed by atoms with E-state index < -0.39 is 0 Å². The maximum Gasteiger partial charge on any atom is 0.170 e. The molecule has 1 aromatic rings. The summed E-state index contributed by atoms with van der Waals surface area (Å²) < 4.78 is 14.7. The minimum atomic E-state index is -0.179. The van der Waals surface area contributed by atoms with Crippen molar-refractivity contribution in [1.82, 2.24) is 10.3 Å². The van der Waals surface area contributed by atoms with Gasteiger partial charge in [-0.15, -0.1) is 0 Å². The molecule has 0 radical (unpaired) electrons. The first-order chi connectivity index (χ1) is 9.03. The summed E-state index contributed by atoms with van der Waals surface area (Å²) in [5, 5.41) is 2.99. The molecule has 5 heteroatoms. The Hall–Kier alpha value is -0.810. The summed E-state index contributed by atoms with van der Waals surface area (Å²) in [6.45, 7) is 6.77. The van der Waals surface area contributed by atoms with Gasteiger partial charge in [-0.1, -0.05) is 13.8 Å². The second kappa shape index (κ2) is 6.09. The second-order valence-corrected chi connectivity index (χ2v) is 7.29. The highest BCUT2D eigenvalue weighted by Gasteiger charge is 2.25. The molecule has 0 bridgehead atoms. The molecule has 2 rings (SSSR count). The Morgan fingerprint density at radius 2 is 2.26 bits per heavy atom. The molecule has 106 valence electrons. The van der Waals surface area contributed by atoms with Crippen molar-refractivity contribution in [2.75, 3.05) is 30.8 Å². The van der Waals surface area contributed by atoms with Gasteiger partial charge in [-0.05, 0) is 19.5 Å². The topological polar surface area (TPSA) is 28.2 Å². The molecule has 1 saturated heterocycles. The van der Waals surface area contributed by atoms with Gasteiger partial charge in [0.15, 0.2) is 11.6 Å². The van der Waals surface area contributed by atoms with E-state index in [2.05, 4.69) is 29.0 Å². The zero-order chi connectivity index (χ0) is 13.9. The van der Waals surface area contributed by atoms with Crippen molar-refractivity contribution < 1.29 is 4.39 Å². The van der Waals surface area contributed by atoms with Gasteiger partial charge in [0.1, 0.15) is 0 Å². The number of hydrogen-bond acceptors (Lipinski definition) is 4. The van der Waals surface area contributed by atoms with E-state index in [9.17, 15) is 4.39 Å². The number of nitrogens with zero attached hydrogens (tertiary/aromatic N) is 2. The lowest BCUT2D eigenvalue weighted by molar-refractivity contribution is 0.577. The van der Waals surface area contributed by atoms with Crippen LogP contribution >= 0.6 is 11.8 Å². The van der Waals surface area contributed by atoms with Crippen LogP contribution in [0.1, 0.15) is 25.8 Å². The number of aromatic nitrogens is 1. The Bertz CT molecular complexity index is 437. The zero-order valence-electron chi connectivity index (χ0n) is 11.9. The summed E-state index contributed by atoms with van der Waals surface area (Å²) in [7, 11) is 1.82. The number of thioether (sulfide) groups is 1. The highest BCUT2D eigenvalue weighted by Crippen LogP contribution is 2.32. The monoisotopic (exact) mass is 283 g/mol. The average molecular weight is 283 g/mol. The number of halogens is 1. The quantitative estimate of drug-likeness (QED) is 0.923. The number of pyridine rings is 1. The van der Waals surface area contributed by atoms with Crippen LogP contribution in [0.25, 0.3) is 0 Å². The fraction of sp³-hybridized carbons (Fsp3) is 0.643. The van der Waals surface area contributed by atoms with Gasteiger partial charge in [-0.3, -0.25) is 0 Å². The maximum atomic E-state index is 14.4. The van der Waals surface area contributed by atoms with Crippen molar-refractivity contribution in [2.45, 2.75) is 31.6 Å². The first-order valence-electron chi connectivity index (χ1n) is 6.70.